The lowest BCUT2D eigenvalue weighted by molar-refractivity contribution is -0.119. The van der Waals surface area contributed by atoms with E-state index in [1.54, 1.807) is 12.1 Å². The van der Waals surface area contributed by atoms with Crippen LogP contribution in [0, 0.1) is 6.92 Å². The molecule has 2 amide bonds. The molecule has 2 N–H and O–H groups in total. The molecule has 0 bridgehead atoms. The first kappa shape index (κ1) is 19.6. The highest BCUT2D eigenvalue weighted by molar-refractivity contribution is 7.99. The lowest BCUT2D eigenvalue weighted by atomic mass is 10.1. The molecule has 8 heteroatoms. The van der Waals surface area contributed by atoms with Crippen molar-refractivity contribution in [3.8, 4) is 11.4 Å². The van der Waals surface area contributed by atoms with E-state index in [4.69, 9.17) is 0 Å². The van der Waals surface area contributed by atoms with E-state index < -0.39 is 0 Å². The molecule has 0 saturated carbocycles. The monoisotopic (exact) mass is 395 g/mol. The van der Waals surface area contributed by atoms with Crippen LogP contribution in [0.4, 0.5) is 0 Å². The van der Waals surface area contributed by atoms with Gasteiger partial charge in [0, 0.05) is 17.7 Å². The summed E-state index contributed by atoms with van der Waals surface area (Å²) in [6.45, 7) is 4.63. The van der Waals surface area contributed by atoms with Crippen molar-refractivity contribution in [3.63, 3.8) is 0 Å². The van der Waals surface area contributed by atoms with Crippen LogP contribution >= 0.6 is 11.8 Å². The summed E-state index contributed by atoms with van der Waals surface area (Å²) in [5.41, 5.74) is 7.36. The molecule has 0 fully saturated rings. The molecule has 0 spiro atoms. The molecule has 1 aromatic heterocycles. The first-order chi connectivity index (χ1) is 13.6. The molecule has 0 aliphatic carbocycles. The number of nitrogens with one attached hydrogen (secondary N) is 2. The molecule has 0 aliphatic rings. The van der Waals surface area contributed by atoms with Gasteiger partial charge >= 0.3 is 0 Å². The van der Waals surface area contributed by atoms with Crippen molar-refractivity contribution in [2.75, 3.05) is 5.75 Å². The molecule has 7 nitrogen and oxygen atoms in total. The fraction of sp³-hybridized carbons (Fsp3) is 0.200. The summed E-state index contributed by atoms with van der Waals surface area (Å²) >= 11 is 1.27. The van der Waals surface area contributed by atoms with Crippen molar-refractivity contribution in [1.82, 2.24) is 25.6 Å². The van der Waals surface area contributed by atoms with E-state index in [9.17, 15) is 9.59 Å². The number of hydrazine groups is 1. The smallest absolute Gasteiger partial charge is 0.269 e. The van der Waals surface area contributed by atoms with Crippen LogP contribution in [0.2, 0.25) is 0 Å². The van der Waals surface area contributed by atoms with Crippen molar-refractivity contribution in [2.45, 2.75) is 25.5 Å². The lowest BCUT2D eigenvalue weighted by Crippen LogP contribution is -2.42. The van der Waals surface area contributed by atoms with Crippen LogP contribution in [0.3, 0.4) is 0 Å². The van der Waals surface area contributed by atoms with E-state index in [2.05, 4.69) is 21.0 Å². The van der Waals surface area contributed by atoms with Crippen LogP contribution in [0.15, 0.2) is 59.8 Å². The van der Waals surface area contributed by atoms with E-state index in [1.807, 2.05) is 60.9 Å². The second-order valence-electron chi connectivity index (χ2n) is 6.07. The maximum Gasteiger partial charge on any atom is 0.269 e. The van der Waals surface area contributed by atoms with Gasteiger partial charge in [-0.05, 0) is 26.0 Å². The van der Waals surface area contributed by atoms with Crippen molar-refractivity contribution in [2.24, 2.45) is 0 Å². The average Bonchev–Trinajstić information content (AvgIpc) is 3.14. The molecule has 0 saturated heterocycles. The van der Waals surface area contributed by atoms with Gasteiger partial charge in [-0.15, -0.1) is 10.2 Å². The molecular formula is C20H21N5O2S. The molecule has 3 aromatic rings. The third kappa shape index (κ3) is 4.77. The Hall–Kier alpha value is -3.13. The van der Waals surface area contributed by atoms with Crippen molar-refractivity contribution in [3.05, 3.63) is 65.7 Å². The fourth-order valence-corrected chi connectivity index (χ4v) is 3.35. The number of aromatic nitrogens is 3. The van der Waals surface area contributed by atoms with E-state index in [0.717, 1.165) is 17.0 Å². The molecule has 0 radical (unpaired) electrons. The number of nitrogens with zero attached hydrogens (tertiary/aromatic N) is 3. The third-order valence-electron chi connectivity index (χ3n) is 4.03. The Balaban J connectivity index is 1.55. The van der Waals surface area contributed by atoms with Gasteiger partial charge in [0.15, 0.2) is 11.0 Å². The van der Waals surface area contributed by atoms with Crippen molar-refractivity contribution in [1.29, 1.82) is 0 Å². The molecular weight excluding hydrogens is 374 g/mol. The second kappa shape index (κ2) is 9.18. The zero-order valence-corrected chi connectivity index (χ0v) is 16.5. The van der Waals surface area contributed by atoms with Gasteiger partial charge < -0.3 is 4.57 Å². The number of rotatable bonds is 6. The number of hydrogen-bond donors (Lipinski definition) is 2. The first-order valence-corrected chi connectivity index (χ1v) is 9.84. The van der Waals surface area contributed by atoms with Crippen molar-refractivity contribution >= 4 is 23.6 Å². The summed E-state index contributed by atoms with van der Waals surface area (Å²) in [5, 5.41) is 9.10. The van der Waals surface area contributed by atoms with Crippen LogP contribution in [0.5, 0.6) is 0 Å². The zero-order chi connectivity index (χ0) is 19.9. The van der Waals surface area contributed by atoms with Gasteiger partial charge in [0.05, 0.1) is 5.75 Å². The summed E-state index contributed by atoms with van der Waals surface area (Å²) in [6, 6.07) is 16.9. The topological polar surface area (TPSA) is 88.9 Å². The third-order valence-corrected chi connectivity index (χ3v) is 4.99. The first-order valence-electron chi connectivity index (χ1n) is 8.85. The van der Waals surface area contributed by atoms with Crippen molar-refractivity contribution < 1.29 is 9.59 Å². The summed E-state index contributed by atoms with van der Waals surface area (Å²) in [4.78, 5) is 24.1. The zero-order valence-electron chi connectivity index (χ0n) is 15.7. The Morgan fingerprint density at radius 3 is 2.39 bits per heavy atom. The predicted molar refractivity (Wildman–Crippen MR) is 109 cm³/mol. The lowest BCUT2D eigenvalue weighted by Gasteiger charge is -2.09. The van der Waals surface area contributed by atoms with Crippen LogP contribution < -0.4 is 10.9 Å². The highest BCUT2D eigenvalue weighted by atomic mass is 32.2. The van der Waals surface area contributed by atoms with Gasteiger partial charge in [-0.2, -0.15) is 0 Å². The molecule has 0 atom stereocenters. The molecule has 144 valence electrons. The maximum atomic E-state index is 12.1. The minimum absolute atomic E-state index is 0.112. The Morgan fingerprint density at radius 1 is 1.00 bits per heavy atom. The summed E-state index contributed by atoms with van der Waals surface area (Å²) in [5.74, 6) is 0.193. The van der Waals surface area contributed by atoms with E-state index in [-0.39, 0.29) is 17.6 Å². The van der Waals surface area contributed by atoms with Gasteiger partial charge in [-0.3, -0.25) is 20.4 Å². The maximum absolute atomic E-state index is 12.1. The summed E-state index contributed by atoms with van der Waals surface area (Å²) < 4.78 is 1.96. The largest absolute Gasteiger partial charge is 0.302 e. The number of carbonyl (C=O) groups is 2. The van der Waals surface area contributed by atoms with Crippen LogP contribution in [0.25, 0.3) is 11.4 Å². The SMILES string of the molecule is CCn1c(SCC(=O)NNC(=O)c2ccc(C)cc2)nnc1-c1ccccc1. The van der Waals surface area contributed by atoms with E-state index >= 15 is 0 Å². The highest BCUT2D eigenvalue weighted by Gasteiger charge is 2.14. The predicted octanol–water partition coefficient (Wildman–Crippen LogP) is 2.83. The summed E-state index contributed by atoms with van der Waals surface area (Å²) in [6.07, 6.45) is 0. The number of carbonyl (C=O) groups excluding carboxylic acids is 2. The number of thioether (sulfide) groups is 1. The number of benzene rings is 2. The van der Waals surface area contributed by atoms with Crippen LogP contribution in [-0.2, 0) is 11.3 Å². The van der Waals surface area contributed by atoms with Gasteiger partial charge in [-0.25, -0.2) is 0 Å². The molecule has 0 aliphatic heterocycles. The van der Waals surface area contributed by atoms with E-state index in [0.29, 0.717) is 17.3 Å². The molecule has 0 unspecified atom stereocenters. The van der Waals surface area contributed by atoms with E-state index in [1.165, 1.54) is 11.8 Å². The average molecular weight is 395 g/mol. The van der Waals surface area contributed by atoms with Gasteiger partial charge in [0.25, 0.3) is 5.91 Å². The molecule has 3 rings (SSSR count). The minimum Gasteiger partial charge on any atom is -0.302 e. The Kier molecular flexibility index (Phi) is 6.44. The minimum atomic E-state index is -0.360. The Morgan fingerprint density at radius 2 is 1.71 bits per heavy atom. The standard InChI is InChI=1S/C20H21N5O2S/c1-3-25-18(15-7-5-4-6-8-15)22-24-20(25)28-13-17(26)21-23-19(27)16-11-9-14(2)10-12-16/h4-12H,3,13H2,1-2H3,(H,21,26)(H,23,27). The number of amides is 2. The van der Waals surface area contributed by atoms with Gasteiger partial charge in [0.1, 0.15) is 0 Å². The summed E-state index contributed by atoms with van der Waals surface area (Å²) in [7, 11) is 0. The Labute approximate surface area is 167 Å². The normalized spacial score (nSPS) is 10.5. The molecule has 1 heterocycles. The van der Waals surface area contributed by atoms with Crippen LogP contribution in [-0.4, -0.2) is 32.3 Å². The van der Waals surface area contributed by atoms with Gasteiger partial charge in [-0.1, -0.05) is 59.8 Å². The molecule has 2 aromatic carbocycles. The van der Waals surface area contributed by atoms with Crippen LogP contribution in [0.1, 0.15) is 22.8 Å². The fourth-order valence-electron chi connectivity index (χ4n) is 2.55. The number of hydrogen-bond acceptors (Lipinski definition) is 5. The quantitative estimate of drug-likeness (QED) is 0.495. The highest BCUT2D eigenvalue weighted by Crippen LogP contribution is 2.23. The molecule has 28 heavy (non-hydrogen) atoms. The van der Waals surface area contributed by atoms with Gasteiger partial charge in [0.2, 0.25) is 5.91 Å². The Bertz CT molecular complexity index is 954. The second-order valence-corrected chi connectivity index (χ2v) is 7.02. The number of aryl methyl sites for hydroxylation is 1.